The number of piperidine rings is 1. The van der Waals surface area contributed by atoms with Gasteiger partial charge >= 0.3 is 6.09 Å². The molecule has 0 radical (unpaired) electrons. The minimum atomic E-state index is -0.542. The summed E-state index contributed by atoms with van der Waals surface area (Å²) < 4.78 is 11.7. The lowest BCUT2D eigenvalue weighted by Crippen LogP contribution is -2.53. The fourth-order valence-corrected chi connectivity index (χ4v) is 6.77. The fraction of sp³-hybridized carbons (Fsp3) is 0.531. The van der Waals surface area contributed by atoms with Crippen LogP contribution in [0.3, 0.4) is 0 Å². The molecule has 8 nitrogen and oxygen atoms in total. The fourth-order valence-electron chi connectivity index (χ4n) is 6.47. The number of amides is 3. The molecular weight excluding hydrogens is 577 g/mol. The van der Waals surface area contributed by atoms with Gasteiger partial charge in [-0.2, -0.15) is 0 Å². The first-order chi connectivity index (χ1) is 19.8. The van der Waals surface area contributed by atoms with Crippen molar-refractivity contribution in [1.29, 1.82) is 0 Å². The number of benzene rings is 2. The highest BCUT2D eigenvalue weighted by molar-refractivity contribution is 6.42. The van der Waals surface area contributed by atoms with Gasteiger partial charge in [-0.3, -0.25) is 9.59 Å². The van der Waals surface area contributed by atoms with Gasteiger partial charge < -0.3 is 24.2 Å². The van der Waals surface area contributed by atoms with Crippen molar-refractivity contribution < 1.29 is 23.9 Å². The second-order valence-electron chi connectivity index (χ2n) is 12.8. The molecule has 10 heteroatoms. The van der Waals surface area contributed by atoms with Crippen molar-refractivity contribution in [3.05, 3.63) is 68.7 Å². The summed E-state index contributed by atoms with van der Waals surface area (Å²) in [7, 11) is 0. The molecule has 2 heterocycles. The van der Waals surface area contributed by atoms with E-state index in [1.54, 1.807) is 26.8 Å². The van der Waals surface area contributed by atoms with E-state index < -0.39 is 11.6 Å². The molecule has 226 valence electrons. The molecule has 1 aliphatic carbocycles. The molecule has 4 atom stereocenters. The van der Waals surface area contributed by atoms with Gasteiger partial charge in [0.2, 0.25) is 5.91 Å². The Bertz CT molecular complexity index is 1360. The van der Waals surface area contributed by atoms with Gasteiger partial charge in [0.25, 0.3) is 5.91 Å². The van der Waals surface area contributed by atoms with Crippen LogP contribution in [0.25, 0.3) is 0 Å². The highest BCUT2D eigenvalue weighted by Gasteiger charge is 2.48. The SMILES string of the molecule is Cc1cc(C)cc(C(=O)N2CCN(C(=O)COC3C[C@H]4CC3CN4C(=O)OC(C)(C)C)[C@H](c3ccc(Cl)c(Cl)c3)C2)c1. The number of carbonyl (C=O) groups excluding carboxylic acids is 3. The third-order valence-electron chi connectivity index (χ3n) is 8.31. The molecule has 3 fully saturated rings. The van der Waals surface area contributed by atoms with Crippen LogP contribution in [0, 0.1) is 19.8 Å². The molecule has 3 aliphatic rings. The zero-order valence-corrected chi connectivity index (χ0v) is 26.4. The lowest BCUT2D eigenvalue weighted by molar-refractivity contribution is -0.144. The lowest BCUT2D eigenvalue weighted by Gasteiger charge is -2.42. The molecule has 5 rings (SSSR count). The van der Waals surface area contributed by atoms with Gasteiger partial charge in [0.1, 0.15) is 12.2 Å². The topological polar surface area (TPSA) is 79.4 Å². The number of aryl methyl sites for hydroxylation is 2. The van der Waals surface area contributed by atoms with Gasteiger partial charge in [-0.15, -0.1) is 0 Å². The monoisotopic (exact) mass is 615 g/mol. The smallest absolute Gasteiger partial charge is 0.410 e. The van der Waals surface area contributed by atoms with Crippen molar-refractivity contribution in [2.75, 3.05) is 32.8 Å². The molecule has 0 spiro atoms. The first-order valence-electron chi connectivity index (χ1n) is 14.5. The number of likely N-dealkylation sites (tertiary alicyclic amines) is 1. The molecular formula is C32H39Cl2N3O5. The molecule has 1 saturated carbocycles. The average molecular weight is 617 g/mol. The summed E-state index contributed by atoms with van der Waals surface area (Å²) in [4.78, 5) is 45.1. The van der Waals surface area contributed by atoms with Crippen LogP contribution in [0.4, 0.5) is 4.79 Å². The Morgan fingerprint density at radius 2 is 1.62 bits per heavy atom. The van der Waals surface area contributed by atoms with Crippen LogP contribution in [-0.4, -0.2) is 83.1 Å². The van der Waals surface area contributed by atoms with E-state index in [0.29, 0.717) is 48.2 Å². The Balaban J connectivity index is 1.26. The highest BCUT2D eigenvalue weighted by atomic mass is 35.5. The second kappa shape index (κ2) is 12.1. The number of halogens is 2. The van der Waals surface area contributed by atoms with Crippen LogP contribution in [0.1, 0.15) is 66.7 Å². The van der Waals surface area contributed by atoms with E-state index in [2.05, 4.69) is 0 Å². The van der Waals surface area contributed by atoms with E-state index in [9.17, 15) is 14.4 Å². The van der Waals surface area contributed by atoms with Crippen molar-refractivity contribution in [3.8, 4) is 0 Å². The Morgan fingerprint density at radius 1 is 0.905 bits per heavy atom. The van der Waals surface area contributed by atoms with Crippen molar-refractivity contribution in [3.63, 3.8) is 0 Å². The first-order valence-corrected chi connectivity index (χ1v) is 15.3. The number of nitrogens with zero attached hydrogens (tertiary/aromatic N) is 3. The Hall–Kier alpha value is -2.81. The third-order valence-corrected chi connectivity index (χ3v) is 9.05. The highest BCUT2D eigenvalue weighted by Crippen LogP contribution is 2.40. The van der Waals surface area contributed by atoms with E-state index in [4.69, 9.17) is 32.7 Å². The standard InChI is InChI=1S/C32H39Cl2N3O5/c1-19-10-20(2)12-22(11-19)30(39)35-8-9-36(27(17-35)21-6-7-25(33)26(34)14-21)29(38)18-41-28-15-24-13-23(28)16-37(24)31(40)42-32(3,4)5/h6-7,10-12,14,23-24,27-28H,8-9,13,15-18H2,1-5H3/t23?,24-,27+,28?/m1/s1. The predicted octanol–water partition coefficient (Wildman–Crippen LogP) is 6.05. The minimum absolute atomic E-state index is 0.0632. The van der Waals surface area contributed by atoms with Crippen molar-refractivity contribution in [1.82, 2.24) is 14.7 Å². The van der Waals surface area contributed by atoms with Crippen LogP contribution in [-0.2, 0) is 14.3 Å². The summed E-state index contributed by atoms with van der Waals surface area (Å²) in [6, 6.07) is 10.8. The maximum absolute atomic E-state index is 13.6. The molecule has 0 N–H and O–H groups in total. The summed E-state index contributed by atoms with van der Waals surface area (Å²) in [5.74, 6) is -0.0310. The number of fused-ring (bicyclic) bond motifs is 2. The predicted molar refractivity (Wildman–Crippen MR) is 162 cm³/mol. The number of rotatable bonds is 5. The van der Waals surface area contributed by atoms with Gasteiger partial charge in [0.05, 0.1) is 22.2 Å². The van der Waals surface area contributed by atoms with Crippen molar-refractivity contribution in [2.24, 2.45) is 5.92 Å². The van der Waals surface area contributed by atoms with Gasteiger partial charge in [0.15, 0.2) is 0 Å². The van der Waals surface area contributed by atoms with Crippen LogP contribution < -0.4 is 0 Å². The van der Waals surface area contributed by atoms with E-state index in [1.165, 1.54) is 0 Å². The van der Waals surface area contributed by atoms with Gasteiger partial charge in [-0.25, -0.2) is 4.79 Å². The minimum Gasteiger partial charge on any atom is -0.444 e. The Labute approximate surface area is 257 Å². The second-order valence-corrected chi connectivity index (χ2v) is 13.6. The number of hydrogen-bond acceptors (Lipinski definition) is 5. The molecule has 0 aromatic heterocycles. The van der Waals surface area contributed by atoms with E-state index in [0.717, 1.165) is 23.1 Å². The van der Waals surface area contributed by atoms with Crippen molar-refractivity contribution in [2.45, 2.75) is 71.2 Å². The number of piperazine rings is 1. The summed E-state index contributed by atoms with van der Waals surface area (Å²) in [6.07, 6.45) is 1.16. The zero-order chi connectivity index (χ0) is 30.3. The zero-order valence-electron chi connectivity index (χ0n) is 24.9. The summed E-state index contributed by atoms with van der Waals surface area (Å²) in [5, 5.41) is 0.824. The summed E-state index contributed by atoms with van der Waals surface area (Å²) in [6.45, 7) is 11.2. The maximum atomic E-state index is 13.6. The van der Waals surface area contributed by atoms with Gasteiger partial charge in [-0.1, -0.05) is 46.5 Å². The molecule has 2 aromatic carbocycles. The molecule has 3 amide bonds. The first kappa shape index (κ1) is 30.6. The quantitative estimate of drug-likeness (QED) is 0.409. The van der Waals surface area contributed by atoms with E-state index >= 15 is 0 Å². The van der Waals surface area contributed by atoms with Crippen LogP contribution in [0.5, 0.6) is 0 Å². The van der Waals surface area contributed by atoms with E-state index in [1.807, 2.05) is 58.9 Å². The van der Waals surface area contributed by atoms with Gasteiger partial charge in [-0.05, 0) is 77.3 Å². The Kier molecular flexibility index (Phi) is 8.80. The molecule has 2 aliphatic heterocycles. The van der Waals surface area contributed by atoms with Crippen LogP contribution in [0.15, 0.2) is 36.4 Å². The molecule has 2 unspecified atom stereocenters. The van der Waals surface area contributed by atoms with Crippen molar-refractivity contribution >= 4 is 41.1 Å². The number of ether oxygens (including phenoxy) is 2. The van der Waals surface area contributed by atoms with Crippen LogP contribution in [0.2, 0.25) is 10.0 Å². The van der Waals surface area contributed by atoms with Gasteiger partial charge in [0, 0.05) is 43.7 Å². The summed E-state index contributed by atoms with van der Waals surface area (Å²) >= 11 is 12.6. The lowest BCUT2D eigenvalue weighted by atomic mass is 10.0. The average Bonchev–Trinajstić information content (AvgIpc) is 3.52. The molecule has 2 bridgehead atoms. The number of carbonyl (C=O) groups is 3. The number of hydrogen-bond donors (Lipinski definition) is 0. The third kappa shape index (κ3) is 6.71. The Morgan fingerprint density at radius 3 is 2.24 bits per heavy atom. The normalized spacial score (nSPS) is 23.8. The molecule has 2 saturated heterocycles. The van der Waals surface area contributed by atoms with E-state index in [-0.39, 0.29) is 42.6 Å². The molecule has 42 heavy (non-hydrogen) atoms. The maximum Gasteiger partial charge on any atom is 0.410 e. The summed E-state index contributed by atoms with van der Waals surface area (Å²) in [5.41, 5.74) is 2.96. The largest absolute Gasteiger partial charge is 0.444 e. The molecule has 2 aromatic rings. The van der Waals surface area contributed by atoms with Crippen LogP contribution >= 0.6 is 23.2 Å².